The van der Waals surface area contributed by atoms with Crippen molar-refractivity contribution in [2.24, 2.45) is 0 Å². The zero-order valence-electron chi connectivity index (χ0n) is 8.95. The van der Waals surface area contributed by atoms with Crippen LogP contribution in [-0.2, 0) is 9.53 Å². The van der Waals surface area contributed by atoms with Crippen molar-refractivity contribution in [2.75, 3.05) is 12.3 Å². The van der Waals surface area contributed by atoms with E-state index < -0.39 is 30.9 Å². The second-order valence-corrected chi connectivity index (χ2v) is 3.73. The number of Topliss-reactive ketones (excluding diaryl/α,β-unsaturated/α-hetero) is 1. The lowest BCUT2D eigenvalue weighted by atomic mass is 10.2. The van der Waals surface area contributed by atoms with Crippen molar-refractivity contribution in [3.05, 3.63) is 24.3 Å². The summed E-state index contributed by atoms with van der Waals surface area (Å²) in [5.74, 6) is -0.236. The largest absolute Gasteiger partial charge is 0.457 e. The molecule has 92 valence electrons. The van der Waals surface area contributed by atoms with E-state index in [1.165, 1.54) is 6.07 Å². The van der Waals surface area contributed by atoms with Gasteiger partial charge in [-0.25, -0.2) is 0 Å². The number of anilines is 1. The van der Waals surface area contributed by atoms with Crippen LogP contribution in [-0.4, -0.2) is 41.1 Å². The fourth-order valence-electron chi connectivity index (χ4n) is 1.56. The standard InChI is InChI=1S/C11H13NO5/c12-6-2-1-3-7(4-6)16-11-10(15)9(14)8(5-13)17-11/h1-4,8-9,11,13-14H,5,12H2/t8-,9+,11?/m1/s1. The SMILES string of the molecule is Nc1cccc(OC2O[C@H](CO)[C@H](O)C2=O)c1. The maximum Gasteiger partial charge on any atom is 0.263 e. The molecule has 0 aromatic heterocycles. The van der Waals surface area contributed by atoms with Gasteiger partial charge in [0, 0.05) is 11.8 Å². The van der Waals surface area contributed by atoms with E-state index in [-0.39, 0.29) is 0 Å². The number of ketones is 1. The Balaban J connectivity index is 2.08. The number of nitrogens with two attached hydrogens (primary N) is 1. The molecule has 0 radical (unpaired) electrons. The lowest BCUT2D eigenvalue weighted by Crippen LogP contribution is -2.30. The lowest BCUT2D eigenvalue weighted by molar-refractivity contribution is -0.140. The summed E-state index contributed by atoms with van der Waals surface area (Å²) in [4.78, 5) is 11.5. The molecule has 0 saturated carbocycles. The van der Waals surface area contributed by atoms with E-state index in [2.05, 4.69) is 0 Å². The summed E-state index contributed by atoms with van der Waals surface area (Å²) in [6.07, 6.45) is -3.50. The van der Waals surface area contributed by atoms with Crippen LogP contribution >= 0.6 is 0 Å². The van der Waals surface area contributed by atoms with Crippen molar-refractivity contribution in [1.82, 2.24) is 0 Å². The van der Waals surface area contributed by atoms with Gasteiger partial charge in [-0.05, 0) is 12.1 Å². The number of hydrogen-bond donors (Lipinski definition) is 3. The Morgan fingerprint density at radius 2 is 2.24 bits per heavy atom. The van der Waals surface area contributed by atoms with Gasteiger partial charge in [0.25, 0.3) is 6.29 Å². The van der Waals surface area contributed by atoms with E-state index in [1.807, 2.05) is 0 Å². The zero-order chi connectivity index (χ0) is 12.4. The molecule has 0 aliphatic carbocycles. The van der Waals surface area contributed by atoms with Crippen LogP contribution in [0.3, 0.4) is 0 Å². The van der Waals surface area contributed by atoms with Gasteiger partial charge in [-0.15, -0.1) is 0 Å². The molecule has 3 atom stereocenters. The summed E-state index contributed by atoms with van der Waals surface area (Å²) in [5.41, 5.74) is 6.05. The number of hydrogen-bond acceptors (Lipinski definition) is 6. The van der Waals surface area contributed by atoms with Crippen LogP contribution in [0.5, 0.6) is 5.75 Å². The summed E-state index contributed by atoms with van der Waals surface area (Å²) in [7, 11) is 0. The number of nitrogen functional groups attached to an aromatic ring is 1. The Labute approximate surface area is 97.6 Å². The molecule has 1 heterocycles. The van der Waals surface area contributed by atoms with Crippen molar-refractivity contribution in [1.29, 1.82) is 0 Å². The zero-order valence-corrected chi connectivity index (χ0v) is 8.95. The molecule has 1 aliphatic rings. The molecule has 0 spiro atoms. The van der Waals surface area contributed by atoms with E-state index in [9.17, 15) is 9.90 Å². The van der Waals surface area contributed by atoms with Crippen LogP contribution in [0.1, 0.15) is 0 Å². The number of ether oxygens (including phenoxy) is 2. The quantitative estimate of drug-likeness (QED) is 0.602. The van der Waals surface area contributed by atoms with Crippen molar-refractivity contribution in [3.8, 4) is 5.75 Å². The molecule has 1 unspecified atom stereocenters. The molecule has 4 N–H and O–H groups in total. The molecule has 1 aromatic carbocycles. The number of rotatable bonds is 3. The minimum Gasteiger partial charge on any atom is -0.457 e. The highest BCUT2D eigenvalue weighted by molar-refractivity contribution is 5.88. The number of benzene rings is 1. The molecule has 1 aliphatic heterocycles. The van der Waals surface area contributed by atoms with Gasteiger partial charge in [0.1, 0.15) is 18.0 Å². The Hall–Kier alpha value is -1.63. The van der Waals surface area contributed by atoms with Crippen molar-refractivity contribution >= 4 is 11.5 Å². The van der Waals surface area contributed by atoms with Crippen LogP contribution in [0.2, 0.25) is 0 Å². The maximum absolute atomic E-state index is 11.5. The Bertz CT molecular complexity index is 422. The van der Waals surface area contributed by atoms with Crippen LogP contribution in [0.4, 0.5) is 5.69 Å². The van der Waals surface area contributed by atoms with Gasteiger partial charge < -0.3 is 25.4 Å². The topological polar surface area (TPSA) is 102 Å². The van der Waals surface area contributed by atoms with Gasteiger partial charge in [0.05, 0.1) is 6.61 Å². The highest BCUT2D eigenvalue weighted by atomic mass is 16.7. The molecule has 0 bridgehead atoms. The molecule has 0 amide bonds. The molecule has 1 fully saturated rings. The van der Waals surface area contributed by atoms with E-state index in [4.69, 9.17) is 20.3 Å². The Morgan fingerprint density at radius 1 is 1.47 bits per heavy atom. The van der Waals surface area contributed by atoms with Crippen LogP contribution < -0.4 is 10.5 Å². The molecule has 1 saturated heterocycles. The summed E-state index contributed by atoms with van der Waals surface area (Å²) in [5, 5.41) is 18.3. The highest BCUT2D eigenvalue weighted by Gasteiger charge is 2.43. The smallest absolute Gasteiger partial charge is 0.263 e. The third kappa shape index (κ3) is 2.38. The normalized spacial score (nSPS) is 28.4. The monoisotopic (exact) mass is 239 g/mol. The molecular weight excluding hydrogens is 226 g/mol. The summed E-state index contributed by atoms with van der Waals surface area (Å²) in [6, 6.07) is 6.50. The van der Waals surface area contributed by atoms with Crippen molar-refractivity contribution in [2.45, 2.75) is 18.5 Å². The maximum atomic E-state index is 11.5. The minimum atomic E-state index is -1.36. The van der Waals surface area contributed by atoms with Gasteiger partial charge in [-0.2, -0.15) is 0 Å². The number of aliphatic hydroxyl groups excluding tert-OH is 2. The third-order valence-corrected chi connectivity index (χ3v) is 2.46. The fraction of sp³-hybridized carbons (Fsp3) is 0.364. The number of carbonyl (C=O) groups is 1. The average molecular weight is 239 g/mol. The first-order chi connectivity index (χ1) is 8.11. The van der Waals surface area contributed by atoms with E-state index >= 15 is 0 Å². The van der Waals surface area contributed by atoms with Gasteiger partial charge >= 0.3 is 0 Å². The van der Waals surface area contributed by atoms with Gasteiger partial charge in [-0.3, -0.25) is 4.79 Å². The van der Waals surface area contributed by atoms with Crippen LogP contribution in [0.25, 0.3) is 0 Å². The molecule has 6 heteroatoms. The predicted molar refractivity (Wildman–Crippen MR) is 58.2 cm³/mol. The van der Waals surface area contributed by atoms with Gasteiger partial charge in [0.15, 0.2) is 0 Å². The molecule has 6 nitrogen and oxygen atoms in total. The summed E-state index contributed by atoms with van der Waals surface area (Å²) in [6.45, 7) is -0.441. The van der Waals surface area contributed by atoms with Crippen molar-refractivity contribution in [3.63, 3.8) is 0 Å². The third-order valence-electron chi connectivity index (χ3n) is 2.46. The second-order valence-electron chi connectivity index (χ2n) is 3.73. The molecule has 17 heavy (non-hydrogen) atoms. The second kappa shape index (κ2) is 4.70. The summed E-state index contributed by atoms with van der Waals surface area (Å²) >= 11 is 0. The first-order valence-electron chi connectivity index (χ1n) is 5.12. The first kappa shape index (κ1) is 11.8. The molecular formula is C11H13NO5. The lowest BCUT2D eigenvalue weighted by Gasteiger charge is -2.12. The van der Waals surface area contributed by atoms with Crippen molar-refractivity contribution < 1.29 is 24.5 Å². The Morgan fingerprint density at radius 3 is 2.82 bits per heavy atom. The minimum absolute atomic E-state index is 0.370. The van der Waals surface area contributed by atoms with E-state index in [0.717, 1.165) is 0 Å². The van der Waals surface area contributed by atoms with Gasteiger partial charge in [-0.1, -0.05) is 6.07 Å². The highest BCUT2D eigenvalue weighted by Crippen LogP contribution is 2.22. The van der Waals surface area contributed by atoms with Crippen LogP contribution in [0, 0.1) is 0 Å². The fourth-order valence-corrected chi connectivity index (χ4v) is 1.56. The van der Waals surface area contributed by atoms with E-state index in [0.29, 0.717) is 11.4 Å². The average Bonchev–Trinajstić information content (AvgIpc) is 2.57. The van der Waals surface area contributed by atoms with Gasteiger partial charge in [0.2, 0.25) is 5.78 Å². The molecule has 1 aromatic rings. The number of carbonyl (C=O) groups excluding carboxylic acids is 1. The van der Waals surface area contributed by atoms with Crippen LogP contribution in [0.15, 0.2) is 24.3 Å². The number of aliphatic hydroxyl groups is 2. The Kier molecular flexibility index (Phi) is 3.28. The summed E-state index contributed by atoms with van der Waals surface area (Å²) < 4.78 is 10.3. The predicted octanol–water partition coefficient (Wildman–Crippen LogP) is -0.705. The van der Waals surface area contributed by atoms with E-state index in [1.54, 1.807) is 18.2 Å². The molecule has 2 rings (SSSR count). The first-order valence-corrected chi connectivity index (χ1v) is 5.12.